The molecular weight excluding hydrogens is 10200 g/mol. The van der Waals surface area contributed by atoms with E-state index in [1.807, 2.05) is 9.80 Å². The Morgan fingerprint density at radius 1 is 0.268 bits per heavy atom. The van der Waals surface area contributed by atoms with E-state index in [0.717, 1.165) is 25.7 Å². The van der Waals surface area contributed by atoms with Gasteiger partial charge in [-0.2, -0.15) is 0 Å². The van der Waals surface area contributed by atoms with Gasteiger partial charge in [0.2, 0.25) is 0 Å². The first kappa shape index (κ1) is 170. The van der Waals surface area contributed by atoms with E-state index < -0.39 is 292 Å². The Labute approximate surface area is 1250 Å². The van der Waals surface area contributed by atoms with E-state index in [4.69, 9.17) is 19.7 Å². The van der Waals surface area contributed by atoms with Crippen LogP contribution in [0.25, 0.3) is 0 Å². The third-order valence-electron chi connectivity index (χ3n) is 12.2. The largest absolute Gasteiger partial charge is 0.478 e. The molecule has 3 aromatic carbocycles. The molecular formula is C38H40I75N2O12-. The number of esters is 2. The number of rotatable bonds is 40. The summed E-state index contributed by atoms with van der Waals surface area (Å²) in [6.45, 7) is 2.47. The van der Waals surface area contributed by atoms with E-state index in [2.05, 4.69) is 735 Å². The van der Waals surface area contributed by atoms with Crippen molar-refractivity contribution in [2.45, 2.75) is 49.9 Å². The summed E-state index contributed by atoms with van der Waals surface area (Å²) >= 11 is 126. The van der Waals surface area contributed by atoms with E-state index in [0.29, 0.717) is 61.9 Å². The summed E-state index contributed by atoms with van der Waals surface area (Å²) in [5.41, 5.74) is 2.29. The number of carboxylic acids is 2. The maximum Gasteiger partial charge on any atom is 0.335 e. The average Bonchev–Trinajstić information content (AvgIpc) is 1.66. The van der Waals surface area contributed by atoms with Gasteiger partial charge in [-0.1, -0.05) is 0 Å². The number of ether oxygens (including phenoxy) is 4. The van der Waals surface area contributed by atoms with Crippen molar-refractivity contribution < 1.29 is 71.2 Å². The van der Waals surface area contributed by atoms with Gasteiger partial charge in [-0.15, -0.1) is 0 Å². The molecule has 4 aliphatic heterocycles. The monoisotopic (exact) mass is 10200 g/mol. The Bertz CT molecular complexity index is 3700. The predicted molar refractivity (Wildman–Crippen MR) is 1220 cm³/mol. The minimum atomic E-state index is -1.02. The molecule has 0 aromatic heterocycles. The summed E-state index contributed by atoms with van der Waals surface area (Å²) in [5, 5.41) is 17.4. The molecule has 800 valence electrons. The minimum Gasteiger partial charge on any atom is -0.478 e. The molecule has 0 aliphatic carbocycles. The molecule has 0 radical (unpaired) electrons. The van der Waals surface area contributed by atoms with Gasteiger partial charge >= 0.3 is 1040 Å². The van der Waals surface area contributed by atoms with E-state index in [9.17, 15) is 28.8 Å². The summed E-state index contributed by atoms with van der Waals surface area (Å²) in [6.07, 6.45) is 4.00. The minimum absolute atomic E-state index is 0.0206. The van der Waals surface area contributed by atoms with Crippen LogP contribution in [0.5, 0.6) is 0 Å². The number of benzene rings is 3. The summed E-state index contributed by atoms with van der Waals surface area (Å²) in [7, 11) is -14.5. The van der Waals surface area contributed by atoms with E-state index >= 15 is 0 Å². The number of amides is 2. The Hall–Kier alpha value is 49.1. The van der Waals surface area contributed by atoms with Gasteiger partial charge in [0.15, 0.2) is 0 Å². The Kier molecular flexibility index (Phi) is 131. The van der Waals surface area contributed by atoms with Gasteiger partial charge in [-0.3, -0.25) is 9.59 Å². The van der Waals surface area contributed by atoms with Gasteiger partial charge in [0, 0.05) is 11.1 Å². The van der Waals surface area contributed by atoms with Gasteiger partial charge in [0.25, 0.3) is 11.8 Å². The van der Waals surface area contributed by atoms with Gasteiger partial charge in [-0.25, -0.2) is 19.2 Å². The van der Waals surface area contributed by atoms with Crippen LogP contribution >= 0.6 is 1000 Å². The molecule has 4 saturated heterocycles. The standard InChI is InChI=1S/C15H17NO4.C14H15NO4.C9H8O4.I38.I37/c1-19-15(18)11-4-2-10(3-5-11)14(17)16-12-6-7-13(16)9-20-8-12;16-13(9-1-3-10(4-2-9)14(17)18)15-11-5-6-12(15)8-19-7-11;1-13-9(12)7-4-2-6(3-5-7)8(10)11;1-21(2)23(5)25(7)27(9)29(11)31(13)33(15)35(17)37(19)38(20)36(18)34(16)32(14)30(12)28(10)26(8)24(6)22(3)4;1-20-22(4)24(6)26(8)28(10)30(12)32(14)34(16)36(18)37(19)35(17)33(15)31(13)29(11)27(9)25(7)23(5)21(2)3/h2-5,12-13H,6-9H2,1H3;1-4,11-12H,5-8H2,(H,17,18);2-5H,1H3,(H,10,11);;/q;;;;-1. The van der Waals surface area contributed by atoms with Crippen LogP contribution in [0.2, 0.25) is 0 Å². The van der Waals surface area contributed by atoms with Crippen LogP contribution in [0.3, 0.4) is 0 Å². The fourth-order valence-corrected chi connectivity index (χ4v) is 13200. The molecule has 4 aliphatic rings. The van der Waals surface area contributed by atoms with Crippen LogP contribution in [-0.2, 0) is 18.9 Å². The molecule has 0 spiro atoms. The van der Waals surface area contributed by atoms with Gasteiger partial charge in [0.1, 0.15) is 0 Å². The second-order valence-electron chi connectivity index (χ2n) is 18.3. The molecule has 7 rings (SSSR count). The number of methoxy groups -OCH3 is 2. The molecule has 127 heavy (non-hydrogen) atoms. The first-order valence-corrected chi connectivity index (χ1v) is 486. The third kappa shape index (κ3) is 63.7. The number of nitrogens with zero attached hydrogens (tertiary/aromatic N) is 2. The van der Waals surface area contributed by atoms with Crippen LogP contribution in [0.4, 0.5) is 0 Å². The quantitative estimate of drug-likeness (QED) is 0.0406. The van der Waals surface area contributed by atoms with Crippen LogP contribution in [0.1, 0.15) is 87.8 Å². The van der Waals surface area contributed by atoms with Crippen molar-refractivity contribution in [3.63, 3.8) is 0 Å². The fraction of sp³-hybridized carbons (Fsp3) is 0.368. The molecule has 4 atom stereocenters. The molecule has 4 fully saturated rings. The van der Waals surface area contributed by atoms with Crippen molar-refractivity contribution in [3.05, 3.63) is 106 Å². The van der Waals surface area contributed by atoms with E-state index in [1.54, 1.807) is 36.4 Å². The topological polar surface area (TPSA) is 186 Å². The first-order chi connectivity index (χ1) is 59.1. The molecule has 4 bridgehead atoms. The van der Waals surface area contributed by atoms with Crippen molar-refractivity contribution >= 4 is 1040 Å². The van der Waals surface area contributed by atoms with Gasteiger partial charge in [-0.05, 0) is 98.5 Å². The van der Waals surface area contributed by atoms with Crippen molar-refractivity contribution in [3.8, 4) is 0 Å². The molecule has 3 aromatic rings. The number of hydrogen-bond donors (Lipinski definition) is 2. The van der Waals surface area contributed by atoms with Crippen LogP contribution in [0.15, 0.2) is 72.8 Å². The molecule has 4 heterocycles. The molecule has 2 amide bonds. The summed E-state index contributed by atoms with van der Waals surface area (Å²) in [4.78, 5) is 72.4. The van der Waals surface area contributed by atoms with Crippen molar-refractivity contribution in [1.29, 1.82) is 0 Å². The number of carboxylic acid groups (broad SMARTS) is 2. The van der Waals surface area contributed by atoms with Crippen molar-refractivity contribution in [2.75, 3.05) is 40.6 Å². The SMILES string of the molecule is COC(=O)c1ccc(C(=O)N2C3CCC2COC3)cc1.COC(=O)c1ccc(C(=O)O)cc1.II(I)I(I)I(I)I(I)I(I)I(I)I(I)I(I)I(I)I(I)I(I)I(I)I(I)I(I)I(I)I(I)I(I)I(I)I.I[I-]I(I)I(I)I(I)I(I)I(I)I(I)I(I)I(I)I(I)I(I)I(I)I(I)I(I)I(I)I(I)I(I)I(I)I.O=C(O)c1ccc(C(=O)N2C3CCC2COC3)cc1. The number of hydrogen-bond acceptors (Lipinski definition) is 10. The van der Waals surface area contributed by atoms with E-state index in [-0.39, 0.29) is 55.0 Å². The fourth-order valence-electron chi connectivity index (χ4n) is 7.68. The molecule has 2 N–H and O–H groups in total. The molecule has 4 unspecified atom stereocenters. The number of halogens is 75. The number of carbonyl (C=O) groups is 6. The predicted octanol–water partition coefficient (Wildman–Crippen LogP) is 66.6. The summed E-state index contributed by atoms with van der Waals surface area (Å²) in [5.74, 6) is -2.86. The van der Waals surface area contributed by atoms with Crippen LogP contribution in [-0.4, -0.2) is 121 Å². The Balaban J connectivity index is 0.000000429. The van der Waals surface area contributed by atoms with Crippen molar-refractivity contribution in [2.24, 2.45) is 0 Å². The molecule has 0 saturated carbocycles. The van der Waals surface area contributed by atoms with Crippen LogP contribution in [0, 0.1) is 0 Å². The summed E-state index contributed by atoms with van der Waals surface area (Å²) < 4.78 is 20.0. The number of morpholine rings is 2. The number of aromatic carboxylic acids is 2. The Morgan fingerprint density at radius 2 is 0.417 bits per heavy atom. The zero-order valence-corrected chi connectivity index (χ0v) is 219. The summed E-state index contributed by atoms with van der Waals surface area (Å²) in [6, 6.07) is 19.0. The van der Waals surface area contributed by atoms with E-state index in [1.165, 1.54) is 50.6 Å². The zero-order valence-electron chi connectivity index (χ0n) is 57.1. The number of carbonyl (C=O) groups excluding carboxylic acids is 4. The zero-order chi connectivity index (χ0) is 97.3. The smallest absolute Gasteiger partial charge is 0.335 e. The van der Waals surface area contributed by atoms with Gasteiger partial charge < -0.3 is 39.0 Å². The third-order valence-corrected chi connectivity index (χ3v) is 5550. The Morgan fingerprint density at radius 3 is 0.567 bits per heavy atom. The maximum absolute atomic E-state index is 12.6. The first-order valence-electron chi connectivity index (χ1n) is 27.2. The average molecular weight is 10200 g/mol. The van der Waals surface area contributed by atoms with Crippen molar-refractivity contribution in [1.82, 2.24) is 9.80 Å². The normalized spacial score (nSPS) is 19.6. The molecule has 14 nitrogen and oxygen atoms in total. The van der Waals surface area contributed by atoms with Gasteiger partial charge in [0.05, 0.1) is 87.1 Å². The second-order valence-corrected chi connectivity index (χ2v) is 1740. The van der Waals surface area contributed by atoms with Crippen LogP contribution < -0.4 is 13.3 Å². The molecule has 89 heteroatoms. The number of fused-ring (bicyclic) bond motifs is 4. The second kappa shape index (κ2) is 97.7. The maximum atomic E-state index is 12.6.